The molecule has 2 heteroatoms. The molecule has 0 saturated heterocycles. The molecule has 0 atom stereocenters. The predicted octanol–water partition coefficient (Wildman–Crippen LogP) is 2.74. The van der Waals surface area contributed by atoms with Crippen molar-refractivity contribution in [2.45, 2.75) is 13.8 Å². The van der Waals surface area contributed by atoms with Crippen molar-refractivity contribution in [3.63, 3.8) is 0 Å². The lowest BCUT2D eigenvalue weighted by Crippen LogP contribution is -1.84. The molecular formula is C11H11FO. The van der Waals surface area contributed by atoms with E-state index in [4.69, 9.17) is 0 Å². The molecule has 0 aliphatic heterocycles. The van der Waals surface area contributed by atoms with Crippen LogP contribution in [0.15, 0.2) is 24.3 Å². The number of aryl methyl sites for hydroxylation is 1. The number of rotatable bonds is 2. The Hall–Kier alpha value is -1.44. The van der Waals surface area contributed by atoms with E-state index < -0.39 is 0 Å². The lowest BCUT2D eigenvalue weighted by atomic mass is 10.1. The summed E-state index contributed by atoms with van der Waals surface area (Å²) in [5.41, 5.74) is 1.32. The first-order valence-electron chi connectivity index (χ1n) is 4.04. The SMILES string of the molecule is CC(=O)/C=C/c1ccc(C)c(F)c1. The Bertz CT molecular complexity index is 353. The number of hydrogen-bond acceptors (Lipinski definition) is 1. The van der Waals surface area contributed by atoms with Gasteiger partial charge in [0.15, 0.2) is 5.78 Å². The molecule has 0 amide bonds. The highest BCUT2D eigenvalue weighted by atomic mass is 19.1. The summed E-state index contributed by atoms with van der Waals surface area (Å²) in [6.07, 6.45) is 3.02. The zero-order chi connectivity index (χ0) is 9.84. The topological polar surface area (TPSA) is 17.1 Å². The van der Waals surface area contributed by atoms with Gasteiger partial charge >= 0.3 is 0 Å². The summed E-state index contributed by atoms with van der Waals surface area (Å²) in [7, 11) is 0. The quantitative estimate of drug-likeness (QED) is 0.636. The Kier molecular flexibility index (Phi) is 2.96. The molecule has 0 aliphatic rings. The molecule has 1 aromatic carbocycles. The van der Waals surface area contributed by atoms with Crippen LogP contribution >= 0.6 is 0 Å². The molecule has 0 aromatic heterocycles. The van der Waals surface area contributed by atoms with E-state index in [0.717, 1.165) is 0 Å². The molecule has 1 nitrogen and oxygen atoms in total. The summed E-state index contributed by atoms with van der Waals surface area (Å²) < 4.78 is 13.0. The van der Waals surface area contributed by atoms with Crippen LogP contribution in [-0.2, 0) is 4.79 Å². The normalized spacial score (nSPS) is 10.7. The number of hydrogen-bond donors (Lipinski definition) is 0. The van der Waals surface area contributed by atoms with Gasteiger partial charge in [-0.25, -0.2) is 4.39 Å². The maximum Gasteiger partial charge on any atom is 0.152 e. The Morgan fingerprint density at radius 2 is 2.15 bits per heavy atom. The number of benzene rings is 1. The van der Waals surface area contributed by atoms with E-state index in [9.17, 15) is 9.18 Å². The fourth-order valence-corrected chi connectivity index (χ4v) is 0.926. The first-order valence-corrected chi connectivity index (χ1v) is 4.04. The minimum Gasteiger partial charge on any atom is -0.295 e. The minimum absolute atomic E-state index is 0.0408. The third kappa shape index (κ3) is 2.82. The molecule has 0 heterocycles. The first-order chi connectivity index (χ1) is 6.09. The van der Waals surface area contributed by atoms with Gasteiger partial charge in [-0.2, -0.15) is 0 Å². The molecule has 0 unspecified atom stereocenters. The fraction of sp³-hybridized carbons (Fsp3) is 0.182. The predicted molar refractivity (Wildman–Crippen MR) is 50.9 cm³/mol. The first kappa shape index (κ1) is 9.65. The van der Waals surface area contributed by atoms with Gasteiger partial charge in [-0.3, -0.25) is 4.79 Å². The largest absolute Gasteiger partial charge is 0.295 e. The van der Waals surface area contributed by atoms with Crippen molar-refractivity contribution in [3.05, 3.63) is 41.2 Å². The molecule has 0 bridgehead atoms. The van der Waals surface area contributed by atoms with Gasteiger partial charge in [0.1, 0.15) is 5.82 Å². The maximum atomic E-state index is 13.0. The van der Waals surface area contributed by atoms with Crippen LogP contribution in [0.4, 0.5) is 4.39 Å². The molecule has 0 radical (unpaired) electrons. The second kappa shape index (κ2) is 3.99. The summed E-state index contributed by atoms with van der Waals surface area (Å²) in [6, 6.07) is 4.88. The van der Waals surface area contributed by atoms with Crippen LogP contribution in [0.3, 0.4) is 0 Å². The number of carbonyl (C=O) groups is 1. The number of allylic oxidation sites excluding steroid dienone is 1. The Morgan fingerprint density at radius 3 is 2.69 bits per heavy atom. The molecule has 0 spiro atoms. The second-order valence-corrected chi connectivity index (χ2v) is 2.95. The average molecular weight is 178 g/mol. The van der Waals surface area contributed by atoms with Crippen molar-refractivity contribution in [1.82, 2.24) is 0 Å². The van der Waals surface area contributed by atoms with Gasteiger partial charge in [-0.1, -0.05) is 18.2 Å². The Labute approximate surface area is 76.9 Å². The third-order valence-corrected chi connectivity index (χ3v) is 1.71. The van der Waals surface area contributed by atoms with Crippen molar-refractivity contribution in [1.29, 1.82) is 0 Å². The smallest absolute Gasteiger partial charge is 0.152 e. The molecule has 13 heavy (non-hydrogen) atoms. The fourth-order valence-electron chi connectivity index (χ4n) is 0.926. The minimum atomic E-state index is -0.245. The summed E-state index contributed by atoms with van der Waals surface area (Å²) in [6.45, 7) is 3.16. The van der Waals surface area contributed by atoms with E-state index in [2.05, 4.69) is 0 Å². The van der Waals surface area contributed by atoms with Gasteiger partial charge in [-0.15, -0.1) is 0 Å². The molecule has 0 saturated carbocycles. The molecular weight excluding hydrogens is 167 g/mol. The summed E-state index contributed by atoms with van der Waals surface area (Å²) >= 11 is 0. The summed E-state index contributed by atoms with van der Waals surface area (Å²) in [5.74, 6) is -0.285. The lowest BCUT2D eigenvalue weighted by Gasteiger charge is -1.96. The molecule has 1 aromatic rings. The van der Waals surface area contributed by atoms with Crippen LogP contribution < -0.4 is 0 Å². The summed E-state index contributed by atoms with van der Waals surface area (Å²) in [5, 5.41) is 0. The van der Waals surface area contributed by atoms with Crippen LogP contribution in [0.2, 0.25) is 0 Å². The highest BCUT2D eigenvalue weighted by Crippen LogP contribution is 2.10. The summed E-state index contributed by atoms with van der Waals surface area (Å²) in [4.78, 5) is 10.6. The van der Waals surface area contributed by atoms with Crippen LogP contribution in [0.25, 0.3) is 6.08 Å². The van der Waals surface area contributed by atoms with E-state index in [1.54, 1.807) is 25.1 Å². The van der Waals surface area contributed by atoms with E-state index >= 15 is 0 Å². The Morgan fingerprint density at radius 1 is 1.46 bits per heavy atom. The van der Waals surface area contributed by atoms with E-state index in [1.807, 2.05) is 0 Å². The van der Waals surface area contributed by atoms with Gasteiger partial charge in [-0.05, 0) is 37.1 Å². The molecule has 0 aliphatic carbocycles. The van der Waals surface area contributed by atoms with Gasteiger partial charge in [0.25, 0.3) is 0 Å². The van der Waals surface area contributed by atoms with E-state index in [-0.39, 0.29) is 11.6 Å². The molecule has 0 N–H and O–H groups in total. The Balaban J connectivity index is 2.92. The third-order valence-electron chi connectivity index (χ3n) is 1.71. The van der Waals surface area contributed by atoms with Crippen LogP contribution in [0.1, 0.15) is 18.1 Å². The standard InChI is InChI=1S/C11H11FO/c1-8-3-5-10(7-11(8)12)6-4-9(2)13/h3-7H,1-2H3/b6-4+. The van der Waals surface area contributed by atoms with Crippen LogP contribution in [0, 0.1) is 12.7 Å². The number of carbonyl (C=O) groups excluding carboxylic acids is 1. The van der Waals surface area contributed by atoms with Crippen LogP contribution in [0.5, 0.6) is 0 Å². The number of ketones is 1. The van der Waals surface area contributed by atoms with Crippen molar-refractivity contribution in [3.8, 4) is 0 Å². The average Bonchev–Trinajstić information content (AvgIpc) is 2.07. The van der Waals surface area contributed by atoms with Gasteiger partial charge in [0, 0.05) is 0 Å². The monoisotopic (exact) mass is 178 g/mol. The van der Waals surface area contributed by atoms with Gasteiger partial charge in [0.05, 0.1) is 0 Å². The zero-order valence-corrected chi connectivity index (χ0v) is 7.67. The zero-order valence-electron chi connectivity index (χ0n) is 7.67. The second-order valence-electron chi connectivity index (χ2n) is 2.95. The van der Waals surface area contributed by atoms with Crippen molar-refractivity contribution in [2.24, 2.45) is 0 Å². The van der Waals surface area contributed by atoms with Crippen molar-refractivity contribution >= 4 is 11.9 Å². The van der Waals surface area contributed by atoms with Crippen molar-refractivity contribution in [2.75, 3.05) is 0 Å². The molecule has 0 fully saturated rings. The van der Waals surface area contributed by atoms with E-state index in [1.165, 1.54) is 19.1 Å². The highest BCUT2D eigenvalue weighted by molar-refractivity contribution is 5.91. The molecule has 1 rings (SSSR count). The highest BCUT2D eigenvalue weighted by Gasteiger charge is 1.96. The van der Waals surface area contributed by atoms with Crippen LogP contribution in [-0.4, -0.2) is 5.78 Å². The number of halogens is 1. The van der Waals surface area contributed by atoms with E-state index in [0.29, 0.717) is 11.1 Å². The van der Waals surface area contributed by atoms with Gasteiger partial charge < -0.3 is 0 Å². The van der Waals surface area contributed by atoms with Crippen molar-refractivity contribution < 1.29 is 9.18 Å². The molecule has 68 valence electrons. The van der Waals surface area contributed by atoms with Gasteiger partial charge in [0.2, 0.25) is 0 Å². The lowest BCUT2D eigenvalue weighted by molar-refractivity contribution is -0.112. The maximum absolute atomic E-state index is 13.0.